The van der Waals surface area contributed by atoms with Gasteiger partial charge in [-0.05, 0) is 43.7 Å². The molecular formula is C22H22N4O3. The summed E-state index contributed by atoms with van der Waals surface area (Å²) in [6, 6.07) is 7.61. The Balaban J connectivity index is 1.91. The summed E-state index contributed by atoms with van der Waals surface area (Å²) >= 11 is 0. The molecule has 0 saturated heterocycles. The third kappa shape index (κ3) is 3.52. The number of carbonyl (C=O) groups excluding carboxylic acids is 3. The lowest BCUT2D eigenvalue weighted by Gasteiger charge is -2.09. The number of rotatable bonds is 5. The number of hydrogen-bond acceptors (Lipinski definition) is 3. The van der Waals surface area contributed by atoms with Gasteiger partial charge in [0.25, 0.3) is 17.6 Å². The van der Waals surface area contributed by atoms with Crippen molar-refractivity contribution in [1.82, 2.24) is 14.5 Å². The van der Waals surface area contributed by atoms with E-state index in [0.717, 1.165) is 10.9 Å². The number of amides is 2. The Morgan fingerprint density at radius 3 is 2.55 bits per heavy atom. The number of terminal acetylenes is 1. The van der Waals surface area contributed by atoms with Gasteiger partial charge in [-0.3, -0.25) is 14.4 Å². The van der Waals surface area contributed by atoms with E-state index in [-0.39, 0.29) is 18.0 Å². The summed E-state index contributed by atoms with van der Waals surface area (Å²) < 4.78 is 3.61. The van der Waals surface area contributed by atoms with Gasteiger partial charge in [-0.2, -0.15) is 0 Å². The molecule has 2 amide bonds. The van der Waals surface area contributed by atoms with Crippen LogP contribution < -0.4 is 10.6 Å². The molecular weight excluding hydrogens is 368 g/mol. The summed E-state index contributed by atoms with van der Waals surface area (Å²) in [6.07, 6.45) is 7.07. The number of anilines is 1. The fraction of sp³-hybridized carbons (Fsp3) is 0.227. The van der Waals surface area contributed by atoms with Crippen molar-refractivity contribution >= 4 is 34.2 Å². The number of aromatic nitrogens is 2. The molecule has 0 saturated carbocycles. The third-order valence-corrected chi connectivity index (χ3v) is 5.07. The highest BCUT2D eigenvalue weighted by Gasteiger charge is 2.28. The number of nitrogens with zero attached hydrogens (tertiary/aromatic N) is 2. The maximum absolute atomic E-state index is 13.0. The van der Waals surface area contributed by atoms with Crippen LogP contribution in [0, 0.1) is 26.2 Å². The number of ketones is 1. The number of nitrogens with one attached hydrogen (secondary N) is 2. The van der Waals surface area contributed by atoms with Crippen LogP contribution in [-0.4, -0.2) is 33.3 Å². The van der Waals surface area contributed by atoms with Crippen molar-refractivity contribution < 1.29 is 14.4 Å². The average Bonchev–Trinajstić information content (AvgIpc) is 3.16. The fourth-order valence-corrected chi connectivity index (χ4v) is 3.51. The summed E-state index contributed by atoms with van der Waals surface area (Å²) in [5.41, 5.74) is 3.22. The highest BCUT2D eigenvalue weighted by molar-refractivity contribution is 6.43. The Morgan fingerprint density at radius 2 is 1.86 bits per heavy atom. The summed E-state index contributed by atoms with van der Waals surface area (Å²) in [7, 11) is 3.64. The Labute approximate surface area is 168 Å². The second-order valence-corrected chi connectivity index (χ2v) is 6.86. The molecule has 0 aliphatic heterocycles. The normalized spacial score (nSPS) is 10.6. The highest BCUT2D eigenvalue weighted by atomic mass is 16.2. The molecule has 0 atom stereocenters. The van der Waals surface area contributed by atoms with Crippen LogP contribution in [0.3, 0.4) is 0 Å². The molecule has 0 aliphatic rings. The number of benzene rings is 1. The molecule has 3 aromatic rings. The summed E-state index contributed by atoms with van der Waals surface area (Å²) in [6.45, 7) is 3.32. The number of hydrogen-bond donors (Lipinski definition) is 2. The van der Waals surface area contributed by atoms with Crippen molar-refractivity contribution in [1.29, 1.82) is 0 Å². The minimum Gasteiger partial charge on any atom is -0.351 e. The van der Waals surface area contributed by atoms with Crippen LogP contribution in [-0.2, 0) is 18.9 Å². The fourth-order valence-electron chi connectivity index (χ4n) is 3.51. The monoisotopic (exact) mass is 390 g/mol. The van der Waals surface area contributed by atoms with Crippen LogP contribution in [0.15, 0.2) is 30.5 Å². The molecule has 2 N–H and O–H groups in total. The molecule has 2 heterocycles. The molecule has 7 nitrogen and oxygen atoms in total. The number of carbonyl (C=O) groups is 3. The first-order chi connectivity index (χ1) is 13.8. The van der Waals surface area contributed by atoms with Crippen LogP contribution in [0.1, 0.15) is 32.1 Å². The Morgan fingerprint density at radius 1 is 1.14 bits per heavy atom. The molecule has 0 unspecified atom stereocenters. The van der Waals surface area contributed by atoms with Gasteiger partial charge in [0.2, 0.25) is 0 Å². The molecule has 0 fully saturated rings. The Kier molecular flexibility index (Phi) is 5.29. The van der Waals surface area contributed by atoms with Gasteiger partial charge in [-0.25, -0.2) is 0 Å². The van der Waals surface area contributed by atoms with Crippen LogP contribution in [0.5, 0.6) is 0 Å². The van der Waals surface area contributed by atoms with E-state index < -0.39 is 11.7 Å². The quantitative estimate of drug-likeness (QED) is 0.398. The maximum Gasteiger partial charge on any atom is 0.293 e. The van der Waals surface area contributed by atoms with Crippen LogP contribution in [0.2, 0.25) is 0 Å². The van der Waals surface area contributed by atoms with Crippen LogP contribution in [0.4, 0.5) is 5.69 Å². The largest absolute Gasteiger partial charge is 0.351 e. The third-order valence-electron chi connectivity index (χ3n) is 5.07. The second-order valence-electron chi connectivity index (χ2n) is 6.86. The highest BCUT2D eigenvalue weighted by Crippen LogP contribution is 2.24. The zero-order chi connectivity index (χ0) is 21.3. The van der Waals surface area contributed by atoms with Crippen molar-refractivity contribution in [3.63, 3.8) is 0 Å². The van der Waals surface area contributed by atoms with E-state index >= 15 is 0 Å². The molecule has 0 aliphatic carbocycles. The van der Waals surface area contributed by atoms with E-state index in [4.69, 9.17) is 6.42 Å². The first-order valence-corrected chi connectivity index (χ1v) is 9.04. The van der Waals surface area contributed by atoms with Crippen molar-refractivity contribution in [3.05, 3.63) is 53.0 Å². The lowest BCUT2D eigenvalue weighted by atomic mass is 10.0. The van der Waals surface area contributed by atoms with E-state index in [1.807, 2.05) is 42.1 Å². The van der Waals surface area contributed by atoms with Crippen molar-refractivity contribution in [3.8, 4) is 12.3 Å². The average molecular weight is 390 g/mol. The number of fused-ring (bicyclic) bond motifs is 1. The van der Waals surface area contributed by atoms with Gasteiger partial charge < -0.3 is 19.8 Å². The van der Waals surface area contributed by atoms with Gasteiger partial charge in [0.1, 0.15) is 5.69 Å². The van der Waals surface area contributed by atoms with E-state index in [0.29, 0.717) is 22.6 Å². The van der Waals surface area contributed by atoms with Gasteiger partial charge in [0.15, 0.2) is 0 Å². The minimum absolute atomic E-state index is 0.0369. The Bertz CT molecular complexity index is 1190. The summed E-state index contributed by atoms with van der Waals surface area (Å²) in [4.78, 5) is 37.6. The minimum atomic E-state index is -0.791. The lowest BCUT2D eigenvalue weighted by Crippen LogP contribution is -2.31. The predicted octanol–water partition coefficient (Wildman–Crippen LogP) is 2.32. The smallest absolute Gasteiger partial charge is 0.293 e. The van der Waals surface area contributed by atoms with Crippen molar-refractivity contribution in [2.24, 2.45) is 14.1 Å². The first kappa shape index (κ1) is 20.0. The zero-order valence-corrected chi connectivity index (χ0v) is 16.8. The SMILES string of the molecule is C#CCNC(=O)C(=O)c1c(C)c(C(=O)Nc2ccc3c(ccn3C)c2)n(C)c1C. The van der Waals surface area contributed by atoms with E-state index in [1.165, 1.54) is 0 Å². The topological polar surface area (TPSA) is 85.1 Å². The van der Waals surface area contributed by atoms with Crippen LogP contribution in [0.25, 0.3) is 10.9 Å². The summed E-state index contributed by atoms with van der Waals surface area (Å²) in [5, 5.41) is 6.25. The molecule has 0 radical (unpaired) electrons. The van der Waals surface area contributed by atoms with E-state index in [1.54, 1.807) is 25.5 Å². The molecule has 3 rings (SSSR count). The second kappa shape index (κ2) is 7.68. The molecule has 1 aromatic carbocycles. The standard InChI is InChI=1S/C22H22N4O3/c1-6-10-23-22(29)20(27)18-13(2)19(26(5)14(18)3)21(28)24-16-7-8-17-15(12-16)9-11-25(17)4/h1,7-9,11-12H,10H2,2-5H3,(H,23,29)(H,24,28). The lowest BCUT2D eigenvalue weighted by molar-refractivity contribution is -0.116. The van der Waals surface area contributed by atoms with E-state index in [2.05, 4.69) is 16.6 Å². The van der Waals surface area contributed by atoms with Gasteiger partial charge in [0, 0.05) is 42.6 Å². The van der Waals surface area contributed by atoms with Gasteiger partial charge in [-0.15, -0.1) is 6.42 Å². The maximum atomic E-state index is 13.0. The van der Waals surface area contributed by atoms with Gasteiger partial charge >= 0.3 is 0 Å². The number of Topliss-reactive ketones (excluding diaryl/α,β-unsaturated/α-hetero) is 1. The molecule has 0 spiro atoms. The molecule has 29 heavy (non-hydrogen) atoms. The van der Waals surface area contributed by atoms with Gasteiger partial charge in [0.05, 0.1) is 12.1 Å². The van der Waals surface area contributed by atoms with E-state index in [9.17, 15) is 14.4 Å². The zero-order valence-electron chi connectivity index (χ0n) is 16.8. The van der Waals surface area contributed by atoms with Crippen molar-refractivity contribution in [2.45, 2.75) is 13.8 Å². The molecule has 2 aromatic heterocycles. The predicted molar refractivity (Wildman–Crippen MR) is 112 cm³/mol. The van der Waals surface area contributed by atoms with Gasteiger partial charge in [-0.1, -0.05) is 5.92 Å². The molecule has 148 valence electrons. The van der Waals surface area contributed by atoms with Crippen molar-refractivity contribution in [2.75, 3.05) is 11.9 Å². The Hall–Kier alpha value is -3.79. The molecule has 7 heteroatoms. The number of aryl methyl sites for hydroxylation is 1. The first-order valence-electron chi connectivity index (χ1n) is 9.04. The van der Waals surface area contributed by atoms with Crippen LogP contribution >= 0.6 is 0 Å². The summed E-state index contributed by atoms with van der Waals surface area (Å²) in [5.74, 6) is 0.397. The molecule has 0 bridgehead atoms.